The van der Waals surface area contributed by atoms with Gasteiger partial charge < -0.3 is 11.1 Å². The first-order valence-electron chi connectivity index (χ1n) is 2.34. The fraction of sp³-hybridized carbons (Fsp3) is 0.500. The van der Waals surface area contributed by atoms with Gasteiger partial charge in [-0.25, -0.2) is 0 Å². The second kappa shape index (κ2) is 1.81. The van der Waals surface area contributed by atoms with Crippen molar-refractivity contribution in [3.63, 3.8) is 0 Å². The van der Waals surface area contributed by atoms with Crippen LogP contribution in [-0.2, 0) is 4.79 Å². The third kappa shape index (κ3) is 0.959. The summed E-state index contributed by atoms with van der Waals surface area (Å²) in [6.45, 7) is 0.588. The van der Waals surface area contributed by atoms with Crippen molar-refractivity contribution < 1.29 is 4.79 Å². The van der Waals surface area contributed by atoms with E-state index in [4.69, 9.17) is 5.73 Å². The Morgan fingerprint density at radius 2 is 2.50 bits per heavy atom. The maximum Gasteiger partial charge on any atom is 0.242 e. The van der Waals surface area contributed by atoms with Crippen LogP contribution < -0.4 is 11.1 Å². The molecule has 4 heteroatoms. The van der Waals surface area contributed by atoms with Crippen LogP contribution in [0.4, 0.5) is 0 Å². The van der Waals surface area contributed by atoms with Gasteiger partial charge in [0.05, 0.1) is 6.54 Å². The molecule has 0 unspecified atom stereocenters. The van der Waals surface area contributed by atoms with Crippen LogP contribution in [0.3, 0.4) is 0 Å². The van der Waals surface area contributed by atoms with Crippen LogP contribution >= 0.6 is 0 Å². The minimum atomic E-state index is -0.0563. The molecule has 0 atom stereocenters. The lowest BCUT2D eigenvalue weighted by atomic mass is 10.4. The van der Waals surface area contributed by atoms with Crippen LogP contribution in [0.5, 0.6) is 0 Å². The van der Waals surface area contributed by atoms with E-state index in [1.165, 1.54) is 0 Å². The van der Waals surface area contributed by atoms with Crippen molar-refractivity contribution in [1.29, 1.82) is 0 Å². The van der Waals surface area contributed by atoms with Crippen molar-refractivity contribution >= 4 is 11.7 Å². The molecule has 0 aromatic rings. The number of nitrogens with zero attached hydrogens (tertiary/aromatic N) is 1. The summed E-state index contributed by atoms with van der Waals surface area (Å²) >= 11 is 0. The Morgan fingerprint density at radius 3 is 2.88 bits per heavy atom. The van der Waals surface area contributed by atoms with Gasteiger partial charge in [-0.3, -0.25) is 9.79 Å². The summed E-state index contributed by atoms with van der Waals surface area (Å²) < 4.78 is 0. The Balaban J connectivity index is 2.55. The molecule has 1 aliphatic rings. The largest absolute Gasteiger partial charge is 0.386 e. The van der Waals surface area contributed by atoms with Gasteiger partial charge in [-0.2, -0.15) is 0 Å². The van der Waals surface area contributed by atoms with Crippen molar-refractivity contribution in [3.8, 4) is 0 Å². The van der Waals surface area contributed by atoms with Gasteiger partial charge in [0, 0.05) is 0 Å². The normalized spacial score (nSPS) is 19.5. The van der Waals surface area contributed by atoms with E-state index < -0.39 is 0 Å². The average Bonchev–Trinajstić information content (AvgIpc) is 1.77. The molecule has 0 fully saturated rings. The molecule has 0 aliphatic carbocycles. The molecular weight excluding hydrogens is 106 g/mol. The van der Waals surface area contributed by atoms with E-state index >= 15 is 0 Å². The summed E-state index contributed by atoms with van der Waals surface area (Å²) in [4.78, 5) is 14.0. The summed E-state index contributed by atoms with van der Waals surface area (Å²) in [7, 11) is 0. The fourth-order valence-electron chi connectivity index (χ4n) is 0.474. The minimum absolute atomic E-state index is 0.0563. The van der Waals surface area contributed by atoms with E-state index in [-0.39, 0.29) is 12.5 Å². The number of carbonyl (C=O) groups is 1. The van der Waals surface area contributed by atoms with Crippen LogP contribution in [0.25, 0.3) is 0 Å². The molecule has 44 valence electrons. The minimum Gasteiger partial charge on any atom is -0.386 e. The zero-order chi connectivity index (χ0) is 5.98. The molecule has 1 amide bonds. The van der Waals surface area contributed by atoms with Crippen molar-refractivity contribution in [2.75, 3.05) is 13.1 Å². The number of hydrogen-bond acceptors (Lipinski definition) is 3. The highest BCUT2D eigenvalue weighted by atomic mass is 16.1. The van der Waals surface area contributed by atoms with Gasteiger partial charge in [0.15, 0.2) is 0 Å². The quantitative estimate of drug-likeness (QED) is 0.400. The molecule has 3 N–H and O–H groups in total. The molecule has 0 saturated heterocycles. The Labute approximate surface area is 46.8 Å². The maximum atomic E-state index is 10.3. The van der Waals surface area contributed by atoms with Gasteiger partial charge in [-0.1, -0.05) is 0 Å². The van der Waals surface area contributed by atoms with E-state index in [9.17, 15) is 4.79 Å². The highest BCUT2D eigenvalue weighted by Gasteiger charge is 2.05. The summed E-state index contributed by atoms with van der Waals surface area (Å²) in [5, 5.41) is 2.54. The number of nitrogens with two attached hydrogens (primary N) is 1. The lowest BCUT2D eigenvalue weighted by Crippen LogP contribution is -2.39. The molecular formula is C4H7N3O. The molecule has 0 bridgehead atoms. The number of hydrogen-bond donors (Lipinski definition) is 2. The number of nitrogens with one attached hydrogen (secondary N) is 1. The van der Waals surface area contributed by atoms with Crippen molar-refractivity contribution in [2.24, 2.45) is 10.7 Å². The standard InChI is InChI=1S/C4H7N3O/c5-3-1-7-4(8)2-6-3/h1-2H2,(H2,5,6)(H,7,8). The van der Waals surface area contributed by atoms with Gasteiger partial charge in [0.2, 0.25) is 5.91 Å². The van der Waals surface area contributed by atoms with E-state index in [0.29, 0.717) is 12.4 Å². The predicted molar refractivity (Wildman–Crippen MR) is 29.5 cm³/mol. The van der Waals surface area contributed by atoms with Crippen LogP contribution in [0.1, 0.15) is 0 Å². The maximum absolute atomic E-state index is 10.3. The summed E-state index contributed by atoms with van der Waals surface area (Å²) in [6, 6.07) is 0. The van der Waals surface area contributed by atoms with E-state index in [0.717, 1.165) is 0 Å². The summed E-state index contributed by atoms with van der Waals surface area (Å²) in [5.74, 6) is 0.448. The van der Waals surface area contributed by atoms with Crippen molar-refractivity contribution in [2.45, 2.75) is 0 Å². The van der Waals surface area contributed by atoms with Crippen LogP contribution in [0, 0.1) is 0 Å². The zero-order valence-electron chi connectivity index (χ0n) is 4.35. The number of carbonyl (C=O) groups excluding carboxylic acids is 1. The van der Waals surface area contributed by atoms with Crippen LogP contribution in [-0.4, -0.2) is 24.8 Å². The molecule has 0 aromatic carbocycles. The Morgan fingerprint density at radius 1 is 1.75 bits per heavy atom. The van der Waals surface area contributed by atoms with Gasteiger partial charge >= 0.3 is 0 Å². The topological polar surface area (TPSA) is 67.5 Å². The van der Waals surface area contributed by atoms with Crippen LogP contribution in [0.2, 0.25) is 0 Å². The molecule has 4 nitrogen and oxygen atoms in total. The van der Waals surface area contributed by atoms with Gasteiger partial charge in [0.1, 0.15) is 12.4 Å². The molecule has 0 radical (unpaired) electrons. The lowest BCUT2D eigenvalue weighted by molar-refractivity contribution is -0.119. The first-order chi connectivity index (χ1) is 3.79. The molecule has 1 rings (SSSR count). The number of rotatable bonds is 0. The monoisotopic (exact) mass is 113 g/mol. The second-order valence-electron chi connectivity index (χ2n) is 1.58. The lowest BCUT2D eigenvalue weighted by Gasteiger charge is -2.07. The van der Waals surface area contributed by atoms with E-state index in [1.807, 2.05) is 0 Å². The molecule has 8 heavy (non-hydrogen) atoms. The number of aliphatic imine (C=N–C) groups is 1. The van der Waals surface area contributed by atoms with Gasteiger partial charge in [-0.05, 0) is 0 Å². The van der Waals surface area contributed by atoms with E-state index in [1.54, 1.807) is 0 Å². The first kappa shape index (κ1) is 5.08. The highest BCUT2D eigenvalue weighted by molar-refractivity contribution is 5.92. The number of amides is 1. The molecule has 1 heterocycles. The van der Waals surface area contributed by atoms with Gasteiger partial charge in [-0.15, -0.1) is 0 Å². The smallest absolute Gasteiger partial charge is 0.242 e. The number of amidine groups is 1. The third-order valence-corrected chi connectivity index (χ3v) is 0.892. The first-order valence-corrected chi connectivity index (χ1v) is 2.34. The summed E-state index contributed by atoms with van der Waals surface area (Å²) in [6.07, 6.45) is 0. The molecule has 0 saturated carbocycles. The molecule has 0 spiro atoms. The predicted octanol–water partition coefficient (Wildman–Crippen LogP) is -1.53. The van der Waals surface area contributed by atoms with Crippen LogP contribution in [0.15, 0.2) is 4.99 Å². The molecule has 0 aromatic heterocycles. The van der Waals surface area contributed by atoms with Crippen molar-refractivity contribution in [3.05, 3.63) is 0 Å². The Hall–Kier alpha value is -1.06. The van der Waals surface area contributed by atoms with E-state index in [2.05, 4.69) is 10.3 Å². The fourth-order valence-corrected chi connectivity index (χ4v) is 0.474. The Kier molecular flexibility index (Phi) is 1.15. The average molecular weight is 113 g/mol. The third-order valence-electron chi connectivity index (χ3n) is 0.892. The zero-order valence-corrected chi connectivity index (χ0v) is 4.35. The summed E-state index contributed by atoms with van der Waals surface area (Å²) in [5.41, 5.74) is 5.23. The Bertz CT molecular complexity index is 140. The van der Waals surface area contributed by atoms with Crippen molar-refractivity contribution in [1.82, 2.24) is 5.32 Å². The second-order valence-corrected chi connectivity index (χ2v) is 1.58. The van der Waals surface area contributed by atoms with Gasteiger partial charge in [0.25, 0.3) is 0 Å². The highest BCUT2D eigenvalue weighted by Crippen LogP contribution is 1.78. The SMILES string of the molecule is NC1=NCC(=O)NC1. The molecule has 1 aliphatic heterocycles.